The Morgan fingerprint density at radius 2 is 1.87 bits per heavy atom. The molecule has 2 aliphatic rings. The third-order valence-electron chi connectivity index (χ3n) is 3.35. The molecule has 0 radical (unpaired) electrons. The average molecular weight is 216 g/mol. The topological polar surface area (TPSA) is 36.9 Å². The second-order valence-corrected chi connectivity index (χ2v) is 4.27. The van der Waals surface area contributed by atoms with Crippen LogP contribution in [-0.4, -0.2) is 51.8 Å². The molecular weight excluding hydrogens is 196 g/mol. The molecule has 0 spiro atoms. The Balaban J connectivity index is 1.95. The van der Waals surface area contributed by atoms with Crippen molar-refractivity contribution >= 4 is 0 Å². The Bertz CT molecular complexity index is 197. The SMILES string of the molecule is COC1CCC2CC(OC1)C(OC)CO2. The van der Waals surface area contributed by atoms with Gasteiger partial charge in [-0.2, -0.15) is 0 Å². The van der Waals surface area contributed by atoms with Crippen molar-refractivity contribution in [3.8, 4) is 0 Å². The molecule has 15 heavy (non-hydrogen) atoms. The van der Waals surface area contributed by atoms with Crippen LogP contribution in [0, 0.1) is 0 Å². The van der Waals surface area contributed by atoms with Gasteiger partial charge in [0.1, 0.15) is 6.10 Å². The number of fused-ring (bicyclic) bond motifs is 2. The van der Waals surface area contributed by atoms with Crippen LogP contribution in [0.5, 0.6) is 0 Å². The molecule has 0 aromatic carbocycles. The lowest BCUT2D eigenvalue weighted by Gasteiger charge is -2.38. The molecule has 4 heteroatoms. The van der Waals surface area contributed by atoms with E-state index in [0.29, 0.717) is 19.3 Å². The van der Waals surface area contributed by atoms with Gasteiger partial charge in [0.05, 0.1) is 31.5 Å². The minimum absolute atomic E-state index is 0.0804. The quantitative estimate of drug-likeness (QED) is 0.689. The number of ether oxygens (including phenoxy) is 4. The van der Waals surface area contributed by atoms with Gasteiger partial charge in [-0.15, -0.1) is 0 Å². The molecule has 2 heterocycles. The summed E-state index contributed by atoms with van der Waals surface area (Å²) < 4.78 is 22.2. The van der Waals surface area contributed by atoms with Crippen LogP contribution >= 0.6 is 0 Å². The fourth-order valence-corrected chi connectivity index (χ4v) is 2.29. The predicted molar refractivity (Wildman–Crippen MR) is 54.9 cm³/mol. The summed E-state index contributed by atoms with van der Waals surface area (Å²) >= 11 is 0. The molecule has 0 saturated carbocycles. The van der Waals surface area contributed by atoms with E-state index < -0.39 is 0 Å². The summed E-state index contributed by atoms with van der Waals surface area (Å²) in [5, 5.41) is 0. The highest BCUT2D eigenvalue weighted by molar-refractivity contribution is 4.83. The summed E-state index contributed by atoms with van der Waals surface area (Å²) in [4.78, 5) is 0. The van der Waals surface area contributed by atoms with Crippen LogP contribution in [0.3, 0.4) is 0 Å². The van der Waals surface area contributed by atoms with Crippen molar-refractivity contribution in [2.75, 3.05) is 27.4 Å². The zero-order valence-corrected chi connectivity index (χ0v) is 9.48. The molecule has 4 unspecified atom stereocenters. The van der Waals surface area contributed by atoms with Crippen molar-refractivity contribution in [2.45, 2.75) is 43.7 Å². The van der Waals surface area contributed by atoms with Gasteiger partial charge in [-0.05, 0) is 12.8 Å². The third-order valence-corrected chi connectivity index (χ3v) is 3.35. The molecule has 0 aromatic rings. The molecule has 0 N–H and O–H groups in total. The molecule has 2 rings (SSSR count). The van der Waals surface area contributed by atoms with E-state index in [1.165, 1.54) is 0 Å². The van der Waals surface area contributed by atoms with Gasteiger partial charge in [-0.25, -0.2) is 0 Å². The van der Waals surface area contributed by atoms with Gasteiger partial charge in [0, 0.05) is 20.6 Å². The molecule has 2 bridgehead atoms. The third kappa shape index (κ3) is 2.69. The first kappa shape index (κ1) is 11.3. The summed E-state index contributed by atoms with van der Waals surface area (Å²) in [7, 11) is 3.45. The van der Waals surface area contributed by atoms with E-state index in [1.54, 1.807) is 14.2 Å². The molecular formula is C11H20O4. The van der Waals surface area contributed by atoms with Gasteiger partial charge >= 0.3 is 0 Å². The minimum Gasteiger partial charge on any atom is -0.379 e. The predicted octanol–water partition coefficient (Wildman–Crippen LogP) is 0.984. The van der Waals surface area contributed by atoms with Gasteiger partial charge in [0.25, 0.3) is 0 Å². The van der Waals surface area contributed by atoms with Crippen molar-refractivity contribution in [2.24, 2.45) is 0 Å². The number of hydrogen-bond acceptors (Lipinski definition) is 4. The Hall–Kier alpha value is -0.160. The molecule has 88 valence electrons. The maximum Gasteiger partial charge on any atom is 0.107 e. The molecule has 4 atom stereocenters. The summed E-state index contributed by atoms with van der Waals surface area (Å²) in [5.74, 6) is 0. The molecule has 0 amide bonds. The van der Waals surface area contributed by atoms with Gasteiger partial charge in [0.2, 0.25) is 0 Å². The molecule has 0 aliphatic carbocycles. The van der Waals surface area contributed by atoms with Crippen LogP contribution in [0.25, 0.3) is 0 Å². The van der Waals surface area contributed by atoms with E-state index in [4.69, 9.17) is 18.9 Å². The summed E-state index contributed by atoms with van der Waals surface area (Å²) in [6.45, 7) is 1.33. The van der Waals surface area contributed by atoms with E-state index in [1.807, 2.05) is 0 Å². The molecule has 4 nitrogen and oxygen atoms in total. The van der Waals surface area contributed by atoms with Crippen molar-refractivity contribution in [3.05, 3.63) is 0 Å². The zero-order valence-electron chi connectivity index (χ0n) is 9.48. The maximum atomic E-state index is 5.83. The number of methoxy groups -OCH3 is 2. The molecule has 2 saturated heterocycles. The lowest BCUT2D eigenvalue weighted by molar-refractivity contribution is -0.177. The fourth-order valence-electron chi connectivity index (χ4n) is 2.29. The largest absolute Gasteiger partial charge is 0.379 e. The van der Waals surface area contributed by atoms with Crippen molar-refractivity contribution in [1.82, 2.24) is 0 Å². The first-order valence-corrected chi connectivity index (χ1v) is 5.62. The van der Waals surface area contributed by atoms with Crippen molar-refractivity contribution in [1.29, 1.82) is 0 Å². The van der Waals surface area contributed by atoms with Crippen LogP contribution in [0.15, 0.2) is 0 Å². The van der Waals surface area contributed by atoms with Crippen LogP contribution in [0.4, 0.5) is 0 Å². The van der Waals surface area contributed by atoms with Crippen LogP contribution in [0.1, 0.15) is 19.3 Å². The summed E-state index contributed by atoms with van der Waals surface area (Å²) in [6, 6.07) is 0. The summed E-state index contributed by atoms with van der Waals surface area (Å²) in [6.07, 6.45) is 3.81. The van der Waals surface area contributed by atoms with Crippen molar-refractivity contribution < 1.29 is 18.9 Å². The van der Waals surface area contributed by atoms with Crippen LogP contribution in [0.2, 0.25) is 0 Å². The van der Waals surface area contributed by atoms with E-state index in [2.05, 4.69) is 0 Å². The maximum absolute atomic E-state index is 5.83. The van der Waals surface area contributed by atoms with Gasteiger partial charge < -0.3 is 18.9 Å². The second-order valence-electron chi connectivity index (χ2n) is 4.27. The lowest BCUT2D eigenvalue weighted by atomic mass is 9.97. The monoisotopic (exact) mass is 216 g/mol. The fraction of sp³-hybridized carbons (Fsp3) is 1.00. The Labute approximate surface area is 90.8 Å². The highest BCUT2D eigenvalue weighted by Gasteiger charge is 2.34. The molecule has 0 aromatic heterocycles. The van der Waals surface area contributed by atoms with E-state index in [-0.39, 0.29) is 18.3 Å². The smallest absolute Gasteiger partial charge is 0.107 e. The highest BCUT2D eigenvalue weighted by atomic mass is 16.6. The highest BCUT2D eigenvalue weighted by Crippen LogP contribution is 2.26. The molecule has 2 fully saturated rings. The Kier molecular flexibility index (Phi) is 3.97. The van der Waals surface area contributed by atoms with Gasteiger partial charge in [-0.1, -0.05) is 0 Å². The standard InChI is InChI=1S/C11H20O4/c1-12-9-4-3-8-5-10(15-6-9)11(13-2)7-14-8/h8-11H,3-7H2,1-2H3. The Morgan fingerprint density at radius 3 is 2.60 bits per heavy atom. The van der Waals surface area contributed by atoms with Gasteiger partial charge in [-0.3, -0.25) is 0 Å². The van der Waals surface area contributed by atoms with Gasteiger partial charge in [0.15, 0.2) is 0 Å². The number of rotatable bonds is 2. The summed E-state index contributed by atoms with van der Waals surface area (Å²) in [5.41, 5.74) is 0. The Morgan fingerprint density at radius 1 is 1.00 bits per heavy atom. The second kappa shape index (κ2) is 5.25. The number of hydrogen-bond donors (Lipinski definition) is 0. The first-order chi connectivity index (χ1) is 7.33. The van der Waals surface area contributed by atoms with Crippen LogP contribution < -0.4 is 0 Å². The van der Waals surface area contributed by atoms with Crippen molar-refractivity contribution in [3.63, 3.8) is 0 Å². The lowest BCUT2D eigenvalue weighted by Crippen LogP contribution is -2.46. The van der Waals surface area contributed by atoms with Crippen LogP contribution in [-0.2, 0) is 18.9 Å². The molecule has 2 aliphatic heterocycles. The van der Waals surface area contributed by atoms with E-state index in [9.17, 15) is 0 Å². The van der Waals surface area contributed by atoms with E-state index in [0.717, 1.165) is 19.3 Å². The van der Waals surface area contributed by atoms with E-state index >= 15 is 0 Å². The normalized spacial score (nSPS) is 42.0. The average Bonchev–Trinajstić information content (AvgIpc) is 2.27. The zero-order chi connectivity index (χ0) is 10.7. The minimum atomic E-state index is 0.0804. The first-order valence-electron chi connectivity index (χ1n) is 5.62.